The number of guanidine groups is 1. The first-order valence-electron chi connectivity index (χ1n) is 6.00. The van der Waals surface area contributed by atoms with Crippen LogP contribution in [-0.2, 0) is 16.6 Å². The molecule has 0 saturated carbocycles. The second-order valence-corrected chi connectivity index (χ2v) is 5.59. The summed E-state index contributed by atoms with van der Waals surface area (Å²) in [6, 6.07) is 6.74. The van der Waals surface area contributed by atoms with Crippen molar-refractivity contribution in [2.75, 3.05) is 20.6 Å². The largest absolute Gasteiger partial charge is 0.359 e. The van der Waals surface area contributed by atoms with Crippen LogP contribution in [0.4, 0.5) is 0 Å². The highest BCUT2D eigenvalue weighted by atomic mass is 32.2. The van der Waals surface area contributed by atoms with Crippen molar-refractivity contribution in [2.24, 2.45) is 4.99 Å². The summed E-state index contributed by atoms with van der Waals surface area (Å²) in [6.07, 6.45) is 0. The molecule has 0 aromatic heterocycles. The second-order valence-electron chi connectivity index (χ2n) is 3.82. The SMILES string of the molecule is CCNS(=O)(=O)c1ccc(CNC(=NC)NC)cc1. The quantitative estimate of drug-likeness (QED) is 0.536. The molecule has 0 atom stereocenters. The zero-order chi connectivity index (χ0) is 14.3. The predicted octanol–water partition coefficient (Wildman–Crippen LogP) is 0.280. The molecule has 0 unspecified atom stereocenters. The molecule has 0 bridgehead atoms. The Balaban J connectivity index is 2.72. The van der Waals surface area contributed by atoms with Gasteiger partial charge in [0.15, 0.2) is 5.96 Å². The van der Waals surface area contributed by atoms with Gasteiger partial charge in [0.1, 0.15) is 0 Å². The van der Waals surface area contributed by atoms with Crippen molar-refractivity contribution in [1.82, 2.24) is 15.4 Å². The third kappa shape index (κ3) is 4.53. The summed E-state index contributed by atoms with van der Waals surface area (Å²) in [5.74, 6) is 0.685. The lowest BCUT2D eigenvalue weighted by Gasteiger charge is -2.09. The number of rotatable bonds is 5. The molecule has 0 fully saturated rings. The maximum Gasteiger partial charge on any atom is 0.240 e. The van der Waals surface area contributed by atoms with E-state index < -0.39 is 10.0 Å². The van der Waals surface area contributed by atoms with E-state index in [1.807, 2.05) is 0 Å². The number of hydrogen-bond donors (Lipinski definition) is 3. The van der Waals surface area contributed by atoms with E-state index in [2.05, 4.69) is 20.3 Å². The zero-order valence-corrected chi connectivity index (χ0v) is 12.2. The summed E-state index contributed by atoms with van der Waals surface area (Å²) in [5.41, 5.74) is 0.979. The smallest absolute Gasteiger partial charge is 0.240 e. The van der Waals surface area contributed by atoms with Crippen molar-refractivity contribution in [3.05, 3.63) is 29.8 Å². The molecule has 0 aliphatic heterocycles. The van der Waals surface area contributed by atoms with E-state index in [4.69, 9.17) is 0 Å². The van der Waals surface area contributed by atoms with Crippen LogP contribution in [0.3, 0.4) is 0 Å². The van der Waals surface area contributed by atoms with Gasteiger partial charge in [0, 0.05) is 27.2 Å². The molecule has 7 heteroatoms. The van der Waals surface area contributed by atoms with Crippen molar-refractivity contribution >= 4 is 16.0 Å². The van der Waals surface area contributed by atoms with Gasteiger partial charge >= 0.3 is 0 Å². The van der Waals surface area contributed by atoms with E-state index in [-0.39, 0.29) is 4.90 Å². The van der Waals surface area contributed by atoms with Crippen molar-refractivity contribution in [2.45, 2.75) is 18.4 Å². The third-order valence-corrected chi connectivity index (χ3v) is 4.05. The fourth-order valence-electron chi connectivity index (χ4n) is 1.52. The Labute approximate surface area is 114 Å². The molecule has 1 aromatic rings. The first-order chi connectivity index (χ1) is 9.03. The maximum absolute atomic E-state index is 11.7. The molecule has 6 nitrogen and oxygen atoms in total. The average molecular weight is 284 g/mol. The number of benzene rings is 1. The minimum Gasteiger partial charge on any atom is -0.359 e. The van der Waals surface area contributed by atoms with Gasteiger partial charge in [-0.3, -0.25) is 4.99 Å². The topological polar surface area (TPSA) is 82.6 Å². The highest BCUT2D eigenvalue weighted by molar-refractivity contribution is 7.89. The normalized spacial score (nSPS) is 12.3. The Bertz CT molecular complexity index is 523. The molecule has 0 radical (unpaired) electrons. The fraction of sp³-hybridized carbons (Fsp3) is 0.417. The van der Waals surface area contributed by atoms with Crippen LogP contribution < -0.4 is 15.4 Å². The summed E-state index contributed by atoms with van der Waals surface area (Å²) < 4.78 is 25.9. The molecule has 19 heavy (non-hydrogen) atoms. The van der Waals surface area contributed by atoms with E-state index in [9.17, 15) is 8.42 Å². The van der Waals surface area contributed by atoms with Gasteiger partial charge in [0.25, 0.3) is 0 Å². The Hall–Kier alpha value is -1.60. The Morgan fingerprint density at radius 3 is 2.37 bits per heavy atom. The number of nitrogens with zero attached hydrogens (tertiary/aromatic N) is 1. The minimum atomic E-state index is -3.37. The summed E-state index contributed by atoms with van der Waals surface area (Å²) in [5, 5.41) is 6.00. The van der Waals surface area contributed by atoms with E-state index in [1.54, 1.807) is 45.3 Å². The summed E-state index contributed by atoms with van der Waals surface area (Å²) in [4.78, 5) is 4.27. The lowest BCUT2D eigenvalue weighted by atomic mass is 10.2. The molecule has 0 saturated heterocycles. The fourth-order valence-corrected chi connectivity index (χ4v) is 2.57. The third-order valence-electron chi connectivity index (χ3n) is 2.49. The molecule has 0 spiro atoms. The van der Waals surface area contributed by atoms with Crippen LogP contribution in [-0.4, -0.2) is 35.0 Å². The molecule has 106 valence electrons. The predicted molar refractivity (Wildman–Crippen MR) is 76.6 cm³/mol. The number of sulfonamides is 1. The van der Waals surface area contributed by atoms with E-state index in [0.29, 0.717) is 19.0 Å². The molecule has 0 aliphatic rings. The Morgan fingerprint density at radius 2 is 1.89 bits per heavy atom. The second kappa shape index (κ2) is 7.10. The van der Waals surface area contributed by atoms with E-state index in [0.717, 1.165) is 5.56 Å². The van der Waals surface area contributed by atoms with Crippen molar-refractivity contribution in [3.8, 4) is 0 Å². The van der Waals surface area contributed by atoms with Gasteiger partial charge in [-0.15, -0.1) is 0 Å². The minimum absolute atomic E-state index is 0.274. The van der Waals surface area contributed by atoms with Gasteiger partial charge in [0.05, 0.1) is 4.90 Å². The highest BCUT2D eigenvalue weighted by Crippen LogP contribution is 2.10. The van der Waals surface area contributed by atoms with Crippen LogP contribution in [0.25, 0.3) is 0 Å². The lowest BCUT2D eigenvalue weighted by Crippen LogP contribution is -2.34. The Morgan fingerprint density at radius 1 is 1.26 bits per heavy atom. The zero-order valence-electron chi connectivity index (χ0n) is 11.4. The van der Waals surface area contributed by atoms with Gasteiger partial charge in [-0.1, -0.05) is 19.1 Å². The maximum atomic E-state index is 11.7. The number of nitrogens with one attached hydrogen (secondary N) is 3. The van der Waals surface area contributed by atoms with Crippen molar-refractivity contribution in [3.63, 3.8) is 0 Å². The highest BCUT2D eigenvalue weighted by Gasteiger charge is 2.11. The van der Waals surface area contributed by atoms with Crippen molar-refractivity contribution < 1.29 is 8.42 Å². The molecule has 0 aliphatic carbocycles. The lowest BCUT2D eigenvalue weighted by molar-refractivity contribution is 0.584. The summed E-state index contributed by atoms with van der Waals surface area (Å²) in [6.45, 7) is 2.71. The van der Waals surface area contributed by atoms with E-state index >= 15 is 0 Å². The molecule has 1 rings (SSSR count). The van der Waals surface area contributed by atoms with Crippen LogP contribution in [0.2, 0.25) is 0 Å². The number of aliphatic imine (C=N–C) groups is 1. The molecular weight excluding hydrogens is 264 g/mol. The van der Waals surface area contributed by atoms with E-state index in [1.165, 1.54) is 0 Å². The average Bonchev–Trinajstić information content (AvgIpc) is 2.40. The van der Waals surface area contributed by atoms with Gasteiger partial charge in [-0.25, -0.2) is 13.1 Å². The van der Waals surface area contributed by atoms with Gasteiger partial charge in [-0.2, -0.15) is 0 Å². The monoisotopic (exact) mass is 284 g/mol. The summed E-state index contributed by atoms with van der Waals surface area (Å²) in [7, 11) is 0.0904. The Kier molecular flexibility index (Phi) is 5.78. The van der Waals surface area contributed by atoms with Crippen LogP contribution >= 0.6 is 0 Å². The van der Waals surface area contributed by atoms with Gasteiger partial charge in [0.2, 0.25) is 10.0 Å². The van der Waals surface area contributed by atoms with Crippen LogP contribution in [0.5, 0.6) is 0 Å². The van der Waals surface area contributed by atoms with Crippen LogP contribution in [0, 0.1) is 0 Å². The van der Waals surface area contributed by atoms with Crippen LogP contribution in [0.15, 0.2) is 34.2 Å². The molecule has 3 N–H and O–H groups in total. The van der Waals surface area contributed by atoms with Gasteiger partial charge < -0.3 is 10.6 Å². The molecule has 0 heterocycles. The van der Waals surface area contributed by atoms with Gasteiger partial charge in [-0.05, 0) is 17.7 Å². The molecular formula is C12H20N4O2S. The number of hydrogen-bond acceptors (Lipinski definition) is 3. The summed E-state index contributed by atoms with van der Waals surface area (Å²) >= 11 is 0. The van der Waals surface area contributed by atoms with Crippen LogP contribution in [0.1, 0.15) is 12.5 Å². The first kappa shape index (κ1) is 15.5. The first-order valence-corrected chi connectivity index (χ1v) is 7.48. The standard InChI is InChI=1S/C12H20N4O2S/c1-4-16-19(17,18)11-7-5-10(6-8-11)9-15-12(13-2)14-3/h5-8,16H,4,9H2,1-3H3,(H2,13,14,15). The van der Waals surface area contributed by atoms with Crippen molar-refractivity contribution in [1.29, 1.82) is 0 Å². The molecule has 0 amide bonds. The molecule has 1 aromatic carbocycles.